The monoisotopic (exact) mass is 196 g/mol. The highest BCUT2D eigenvalue weighted by molar-refractivity contribution is 5.66. The smallest absolute Gasteiger partial charge is 0.305 e. The molecule has 1 atom stereocenters. The van der Waals surface area contributed by atoms with Gasteiger partial charge in [0.1, 0.15) is 6.10 Å². The molecule has 0 amide bonds. The summed E-state index contributed by atoms with van der Waals surface area (Å²) in [5.74, 6) is 5.27. The lowest BCUT2D eigenvalue weighted by molar-refractivity contribution is -0.138. The van der Waals surface area contributed by atoms with Gasteiger partial charge >= 0.3 is 5.97 Å². The molecule has 0 saturated carbocycles. The van der Waals surface area contributed by atoms with E-state index in [2.05, 4.69) is 11.8 Å². The summed E-state index contributed by atoms with van der Waals surface area (Å²) in [5, 5.41) is 8.43. The van der Waals surface area contributed by atoms with Crippen LogP contribution in [0.4, 0.5) is 0 Å². The average molecular weight is 196 g/mol. The molecule has 78 valence electrons. The van der Waals surface area contributed by atoms with Crippen LogP contribution in [0.1, 0.15) is 38.5 Å². The maximum absolute atomic E-state index is 10.2. The van der Waals surface area contributed by atoms with Gasteiger partial charge in [-0.15, -0.1) is 5.92 Å². The van der Waals surface area contributed by atoms with Crippen LogP contribution >= 0.6 is 0 Å². The van der Waals surface area contributed by atoms with E-state index in [0.29, 0.717) is 0 Å². The van der Waals surface area contributed by atoms with E-state index in [1.54, 1.807) is 0 Å². The first-order valence-corrected chi connectivity index (χ1v) is 5.11. The van der Waals surface area contributed by atoms with Crippen molar-refractivity contribution < 1.29 is 14.6 Å². The summed E-state index contributed by atoms with van der Waals surface area (Å²) in [4.78, 5) is 10.2. The number of carboxylic acids is 1. The Morgan fingerprint density at radius 2 is 2.29 bits per heavy atom. The van der Waals surface area contributed by atoms with Gasteiger partial charge in [-0.3, -0.25) is 4.79 Å². The number of carboxylic acid groups (broad SMARTS) is 1. The lowest BCUT2D eigenvalue weighted by Gasteiger charge is -2.12. The van der Waals surface area contributed by atoms with Crippen LogP contribution in [-0.4, -0.2) is 23.8 Å². The van der Waals surface area contributed by atoms with Crippen molar-refractivity contribution in [2.75, 3.05) is 6.61 Å². The first-order chi connectivity index (χ1) is 6.79. The minimum Gasteiger partial charge on any atom is -0.481 e. The third-order valence-electron chi connectivity index (χ3n) is 2.17. The molecule has 0 heterocycles. The van der Waals surface area contributed by atoms with Gasteiger partial charge in [0.15, 0.2) is 0 Å². The van der Waals surface area contributed by atoms with Crippen LogP contribution in [-0.2, 0) is 9.53 Å². The van der Waals surface area contributed by atoms with Gasteiger partial charge in [-0.05, 0) is 19.3 Å². The van der Waals surface area contributed by atoms with Gasteiger partial charge in [0, 0.05) is 6.42 Å². The van der Waals surface area contributed by atoms with Crippen molar-refractivity contribution in [3.63, 3.8) is 0 Å². The van der Waals surface area contributed by atoms with E-state index in [-0.39, 0.29) is 19.1 Å². The molecule has 0 aromatic carbocycles. The highest BCUT2D eigenvalue weighted by Crippen LogP contribution is 2.10. The number of aliphatic carboxylic acids is 1. The molecule has 14 heavy (non-hydrogen) atoms. The molecule has 1 aliphatic carbocycles. The predicted molar refractivity (Wildman–Crippen MR) is 52.9 cm³/mol. The number of hydrogen-bond donors (Lipinski definition) is 1. The zero-order chi connectivity index (χ0) is 10.2. The summed E-state index contributed by atoms with van der Waals surface area (Å²) in [6.45, 7) is 0.272. The van der Waals surface area contributed by atoms with E-state index >= 15 is 0 Å². The van der Waals surface area contributed by atoms with E-state index in [4.69, 9.17) is 9.84 Å². The zero-order valence-corrected chi connectivity index (χ0v) is 8.29. The largest absolute Gasteiger partial charge is 0.481 e. The molecule has 3 heteroatoms. The van der Waals surface area contributed by atoms with Crippen molar-refractivity contribution >= 4 is 5.97 Å². The van der Waals surface area contributed by atoms with Crippen molar-refractivity contribution in [3.8, 4) is 11.8 Å². The van der Waals surface area contributed by atoms with Crippen LogP contribution in [0.2, 0.25) is 0 Å². The Morgan fingerprint density at radius 3 is 3.07 bits per heavy atom. The van der Waals surface area contributed by atoms with Crippen LogP contribution in [0.15, 0.2) is 0 Å². The second-order valence-corrected chi connectivity index (χ2v) is 3.42. The molecule has 1 unspecified atom stereocenters. The zero-order valence-electron chi connectivity index (χ0n) is 8.29. The van der Waals surface area contributed by atoms with Gasteiger partial charge in [0.2, 0.25) is 0 Å². The Morgan fingerprint density at radius 1 is 1.43 bits per heavy atom. The minimum atomic E-state index is -0.816. The molecule has 1 aliphatic rings. The molecule has 0 fully saturated rings. The van der Waals surface area contributed by atoms with Crippen LogP contribution in [0.25, 0.3) is 0 Å². The Labute approximate surface area is 84.5 Å². The summed E-state index contributed by atoms with van der Waals surface area (Å²) < 4.78 is 5.37. The van der Waals surface area contributed by atoms with Gasteiger partial charge in [-0.1, -0.05) is 12.3 Å². The molecular formula is C11H16O3. The van der Waals surface area contributed by atoms with Gasteiger partial charge < -0.3 is 9.84 Å². The Bertz CT molecular complexity index is 237. The fraction of sp³-hybridized carbons (Fsp3) is 0.727. The molecule has 0 aliphatic heterocycles. The van der Waals surface area contributed by atoms with Gasteiger partial charge in [-0.25, -0.2) is 0 Å². The van der Waals surface area contributed by atoms with Crippen molar-refractivity contribution in [3.05, 3.63) is 0 Å². The topological polar surface area (TPSA) is 46.5 Å². The third kappa shape index (κ3) is 4.88. The predicted octanol–water partition coefficient (Wildman–Crippen LogP) is 1.81. The van der Waals surface area contributed by atoms with Crippen molar-refractivity contribution in [1.82, 2.24) is 0 Å². The molecule has 1 N–H and O–H groups in total. The summed E-state index contributed by atoms with van der Waals surface area (Å²) in [6.07, 6.45) is 5.41. The highest BCUT2D eigenvalue weighted by atomic mass is 16.5. The lowest BCUT2D eigenvalue weighted by atomic mass is 10.1. The quantitative estimate of drug-likeness (QED) is 0.697. The Kier molecular flexibility index (Phi) is 5.09. The SMILES string of the molecule is O=C(O)CCOC1C#CCCCCC1. The maximum Gasteiger partial charge on any atom is 0.305 e. The Balaban J connectivity index is 2.23. The van der Waals surface area contributed by atoms with E-state index in [1.165, 1.54) is 12.8 Å². The standard InChI is InChI=1S/C11H16O3/c12-11(13)8-9-14-10-6-4-2-1-3-5-7-10/h10H,1-4,6,8-9H2,(H,12,13). The van der Waals surface area contributed by atoms with Gasteiger partial charge in [0.05, 0.1) is 13.0 Å². The molecule has 0 spiro atoms. The average Bonchev–Trinajstić information content (AvgIpc) is 2.07. The van der Waals surface area contributed by atoms with Gasteiger partial charge in [0.25, 0.3) is 0 Å². The second kappa shape index (κ2) is 6.44. The molecule has 3 nitrogen and oxygen atoms in total. The van der Waals surface area contributed by atoms with Gasteiger partial charge in [-0.2, -0.15) is 0 Å². The number of hydrogen-bond acceptors (Lipinski definition) is 2. The second-order valence-electron chi connectivity index (χ2n) is 3.42. The van der Waals surface area contributed by atoms with E-state index in [9.17, 15) is 4.79 Å². The minimum absolute atomic E-state index is 0.0466. The summed E-state index contributed by atoms with van der Waals surface area (Å²) in [7, 11) is 0. The molecule has 0 saturated heterocycles. The highest BCUT2D eigenvalue weighted by Gasteiger charge is 2.07. The van der Waals surface area contributed by atoms with E-state index < -0.39 is 5.97 Å². The van der Waals surface area contributed by atoms with Crippen molar-refractivity contribution in [1.29, 1.82) is 0 Å². The van der Waals surface area contributed by atoms with Crippen LogP contribution in [0, 0.1) is 11.8 Å². The summed E-state index contributed by atoms with van der Waals surface area (Å²) in [6, 6.07) is 0. The number of carbonyl (C=O) groups is 1. The van der Waals surface area contributed by atoms with Crippen LogP contribution < -0.4 is 0 Å². The summed E-state index contributed by atoms with van der Waals surface area (Å²) in [5.41, 5.74) is 0. The first kappa shape index (κ1) is 11.1. The fourth-order valence-corrected chi connectivity index (χ4v) is 1.39. The van der Waals surface area contributed by atoms with E-state index in [1.807, 2.05) is 0 Å². The first-order valence-electron chi connectivity index (χ1n) is 5.11. The van der Waals surface area contributed by atoms with E-state index in [0.717, 1.165) is 19.3 Å². The van der Waals surface area contributed by atoms with Crippen molar-refractivity contribution in [2.24, 2.45) is 0 Å². The normalized spacial score (nSPS) is 21.6. The summed E-state index contributed by atoms with van der Waals surface area (Å²) >= 11 is 0. The van der Waals surface area contributed by atoms with Crippen LogP contribution in [0.3, 0.4) is 0 Å². The molecule has 0 aromatic heterocycles. The van der Waals surface area contributed by atoms with Crippen molar-refractivity contribution in [2.45, 2.75) is 44.6 Å². The molecule has 0 radical (unpaired) electrons. The molecule has 1 rings (SSSR count). The molecule has 0 bridgehead atoms. The maximum atomic E-state index is 10.2. The third-order valence-corrected chi connectivity index (χ3v) is 2.17. The fourth-order valence-electron chi connectivity index (χ4n) is 1.39. The number of rotatable bonds is 4. The number of ether oxygens (including phenoxy) is 1. The Hall–Kier alpha value is -1.01. The lowest BCUT2D eigenvalue weighted by Crippen LogP contribution is -2.14. The molecular weight excluding hydrogens is 180 g/mol. The van der Waals surface area contributed by atoms with Crippen LogP contribution in [0.5, 0.6) is 0 Å². The molecule has 0 aromatic rings.